The van der Waals surface area contributed by atoms with E-state index in [9.17, 15) is 9.90 Å². The molecule has 1 aromatic heterocycles. The molecule has 0 spiro atoms. The lowest BCUT2D eigenvalue weighted by Crippen LogP contribution is -2.53. The molecule has 6 atom stereocenters. The molecule has 8 heteroatoms. The quantitative estimate of drug-likeness (QED) is 0.424. The number of hydrogen-bond donors (Lipinski definition) is 2. The van der Waals surface area contributed by atoms with Crippen molar-refractivity contribution in [2.24, 2.45) is 23.2 Å². The molecule has 0 aliphatic heterocycles. The van der Waals surface area contributed by atoms with Crippen LogP contribution in [0.4, 0.5) is 10.8 Å². The number of aliphatic hydroxyl groups is 1. The van der Waals surface area contributed by atoms with Gasteiger partial charge in [0.25, 0.3) is 0 Å². The molecule has 5 nitrogen and oxygen atoms in total. The number of benzene rings is 1. The van der Waals surface area contributed by atoms with Crippen molar-refractivity contribution in [1.82, 2.24) is 9.88 Å². The molecule has 2 aliphatic carbocycles. The van der Waals surface area contributed by atoms with Crippen molar-refractivity contribution in [3.05, 3.63) is 51.5 Å². The van der Waals surface area contributed by atoms with Gasteiger partial charge in [0.05, 0.1) is 27.5 Å². The minimum atomic E-state index is -0.561. The number of anilines is 2. The van der Waals surface area contributed by atoms with Gasteiger partial charge in [-0.1, -0.05) is 56.1 Å². The molecule has 184 valence electrons. The van der Waals surface area contributed by atoms with Gasteiger partial charge in [-0.2, -0.15) is 0 Å². The zero-order chi connectivity index (χ0) is 24.8. The van der Waals surface area contributed by atoms with Crippen molar-refractivity contribution >= 4 is 51.3 Å². The molecule has 1 amide bonds. The highest BCUT2D eigenvalue weighted by Gasteiger charge is 2.54. The first kappa shape index (κ1) is 25.5. The van der Waals surface area contributed by atoms with E-state index in [4.69, 9.17) is 28.2 Å². The van der Waals surface area contributed by atoms with Gasteiger partial charge >= 0.3 is 0 Å². The van der Waals surface area contributed by atoms with E-state index in [0.29, 0.717) is 22.3 Å². The number of rotatable bonds is 6. The molecule has 0 radical (unpaired) electrons. The molecule has 1 saturated carbocycles. The summed E-state index contributed by atoms with van der Waals surface area (Å²) in [5.74, 6) is -0.132. The van der Waals surface area contributed by atoms with Gasteiger partial charge in [-0.25, -0.2) is 4.98 Å². The van der Waals surface area contributed by atoms with Gasteiger partial charge in [-0.3, -0.25) is 4.79 Å². The highest BCUT2D eigenvalue weighted by Crippen LogP contribution is 2.57. The number of para-hydroxylation sites is 1. The lowest BCUT2D eigenvalue weighted by atomic mass is 9.53. The van der Waals surface area contributed by atoms with E-state index in [0.717, 1.165) is 30.1 Å². The molecule has 2 aliphatic rings. The number of nitrogens with zero attached hydrogens (tertiary/aromatic N) is 2. The lowest BCUT2D eigenvalue weighted by Gasteiger charge is -2.53. The Morgan fingerprint density at radius 2 is 2.12 bits per heavy atom. The molecule has 2 N–H and O–H groups in total. The summed E-state index contributed by atoms with van der Waals surface area (Å²) in [6.07, 6.45) is 3.85. The molecule has 1 aromatic carbocycles. The Bertz CT molecular complexity index is 1070. The van der Waals surface area contributed by atoms with Gasteiger partial charge in [0.1, 0.15) is 0 Å². The standard InChI is InChI=1S/C26H33Cl2N3O2S/c1-6-12-31(5)24(33)14(2)16-10-11-26(4)13-19-21(15(3)20(26)23(16)32)29-25(34-19)30-22-17(27)8-7-9-18(22)28/h6-9,14-16,20,23,32H,1,10-13H2,2-5H3,(H,29,30)/t14-,15-,16+,20+,23-,26-/m0/s1. The van der Waals surface area contributed by atoms with Crippen LogP contribution in [0.2, 0.25) is 10.0 Å². The number of amides is 1. The summed E-state index contributed by atoms with van der Waals surface area (Å²) in [5, 5.41) is 16.8. The Morgan fingerprint density at radius 1 is 1.44 bits per heavy atom. The van der Waals surface area contributed by atoms with Gasteiger partial charge in [0.15, 0.2) is 5.13 Å². The Morgan fingerprint density at radius 3 is 2.76 bits per heavy atom. The number of likely N-dealkylation sites (N-methyl/N-ethyl adjacent to an activating group) is 1. The smallest absolute Gasteiger partial charge is 0.225 e. The Balaban J connectivity index is 1.59. The van der Waals surface area contributed by atoms with Crippen molar-refractivity contribution in [3.8, 4) is 0 Å². The van der Waals surface area contributed by atoms with Crippen molar-refractivity contribution in [1.29, 1.82) is 0 Å². The van der Waals surface area contributed by atoms with Gasteiger partial charge < -0.3 is 15.3 Å². The maximum atomic E-state index is 13.0. The number of thiazole rings is 1. The average Bonchev–Trinajstić information content (AvgIpc) is 3.18. The molecule has 1 heterocycles. The van der Waals surface area contributed by atoms with Crippen LogP contribution in [0.1, 0.15) is 50.1 Å². The average molecular weight is 523 g/mol. The Labute approximate surface area is 216 Å². The van der Waals surface area contributed by atoms with E-state index in [1.165, 1.54) is 4.88 Å². The molecule has 1 fully saturated rings. The summed E-state index contributed by atoms with van der Waals surface area (Å²) in [4.78, 5) is 20.8. The zero-order valence-corrected chi connectivity index (χ0v) is 22.5. The van der Waals surface area contributed by atoms with E-state index >= 15 is 0 Å². The predicted molar refractivity (Wildman–Crippen MR) is 141 cm³/mol. The summed E-state index contributed by atoms with van der Waals surface area (Å²) in [7, 11) is 1.80. The molecule has 4 rings (SSSR count). The lowest BCUT2D eigenvalue weighted by molar-refractivity contribution is -0.143. The third kappa shape index (κ3) is 4.50. The first-order valence-corrected chi connectivity index (χ1v) is 13.4. The second-order valence-corrected chi connectivity index (χ2v) is 12.1. The maximum Gasteiger partial charge on any atom is 0.225 e. The summed E-state index contributed by atoms with van der Waals surface area (Å²) >= 11 is 14.3. The molecular formula is C26H33Cl2N3O2S. The Kier molecular flexibility index (Phi) is 7.35. The van der Waals surface area contributed by atoms with Crippen molar-refractivity contribution in [2.45, 2.75) is 52.1 Å². The van der Waals surface area contributed by atoms with Crippen LogP contribution in [0.5, 0.6) is 0 Å². The summed E-state index contributed by atoms with van der Waals surface area (Å²) in [5.41, 5.74) is 1.65. The number of carbonyl (C=O) groups is 1. The van der Waals surface area contributed by atoms with E-state index < -0.39 is 6.10 Å². The predicted octanol–water partition coefficient (Wildman–Crippen LogP) is 6.53. The monoisotopic (exact) mass is 521 g/mol. The topological polar surface area (TPSA) is 65.5 Å². The molecule has 34 heavy (non-hydrogen) atoms. The maximum absolute atomic E-state index is 13.0. The number of hydrogen-bond acceptors (Lipinski definition) is 5. The van der Waals surface area contributed by atoms with Crippen LogP contribution in [0, 0.1) is 23.2 Å². The van der Waals surface area contributed by atoms with Crippen LogP contribution >= 0.6 is 34.5 Å². The summed E-state index contributed by atoms with van der Waals surface area (Å²) in [6, 6.07) is 5.41. The normalized spacial score (nSPS) is 29.0. The van der Waals surface area contributed by atoms with Crippen LogP contribution in [-0.4, -0.2) is 40.6 Å². The molecule has 2 aromatic rings. The number of aromatic nitrogens is 1. The fourth-order valence-corrected chi connectivity index (χ4v) is 7.90. The van der Waals surface area contributed by atoms with E-state index in [1.54, 1.807) is 41.5 Å². The third-order valence-electron chi connectivity index (χ3n) is 7.93. The van der Waals surface area contributed by atoms with Crippen LogP contribution in [0.3, 0.4) is 0 Å². The minimum absolute atomic E-state index is 0.0377. The number of aliphatic hydroxyl groups excluding tert-OH is 1. The van der Waals surface area contributed by atoms with E-state index in [1.807, 2.05) is 13.0 Å². The fraction of sp³-hybridized carbons (Fsp3) is 0.538. The first-order chi connectivity index (χ1) is 16.1. The first-order valence-electron chi connectivity index (χ1n) is 11.8. The van der Waals surface area contributed by atoms with Crippen LogP contribution in [0.25, 0.3) is 0 Å². The van der Waals surface area contributed by atoms with Gasteiger partial charge in [0, 0.05) is 30.3 Å². The Hall–Kier alpha value is -1.60. The van der Waals surface area contributed by atoms with E-state index in [-0.39, 0.29) is 35.0 Å². The van der Waals surface area contributed by atoms with Crippen LogP contribution in [0.15, 0.2) is 30.9 Å². The highest BCUT2D eigenvalue weighted by atomic mass is 35.5. The molecule has 0 unspecified atom stereocenters. The SMILES string of the molecule is C=CCN(C)C(=O)[C@@H](C)[C@H]1CC[C@@]2(C)Cc3sc(Nc4c(Cl)cccc4Cl)nc3[C@@H](C)[C@@H]2[C@H]1O. The van der Waals surface area contributed by atoms with Crippen molar-refractivity contribution < 1.29 is 9.90 Å². The fourth-order valence-electron chi connectivity index (χ4n) is 6.14. The summed E-state index contributed by atoms with van der Waals surface area (Å²) < 4.78 is 0. The van der Waals surface area contributed by atoms with Gasteiger partial charge in [-0.15, -0.1) is 17.9 Å². The number of carbonyl (C=O) groups excluding carboxylic acids is 1. The van der Waals surface area contributed by atoms with Crippen LogP contribution < -0.4 is 5.32 Å². The summed E-state index contributed by atoms with van der Waals surface area (Å²) in [6.45, 7) is 10.6. The number of nitrogens with one attached hydrogen (secondary N) is 1. The number of halogens is 2. The zero-order valence-electron chi connectivity index (χ0n) is 20.1. The molecular weight excluding hydrogens is 489 g/mol. The molecule has 0 saturated heterocycles. The van der Waals surface area contributed by atoms with Crippen molar-refractivity contribution in [2.75, 3.05) is 18.9 Å². The third-order valence-corrected chi connectivity index (χ3v) is 9.54. The second kappa shape index (κ2) is 9.81. The molecule has 0 bridgehead atoms. The minimum Gasteiger partial charge on any atom is -0.392 e. The van der Waals surface area contributed by atoms with Crippen LogP contribution in [-0.2, 0) is 11.2 Å². The van der Waals surface area contributed by atoms with E-state index in [2.05, 4.69) is 25.7 Å². The second-order valence-electron chi connectivity index (χ2n) is 10.2. The highest BCUT2D eigenvalue weighted by molar-refractivity contribution is 7.15. The van der Waals surface area contributed by atoms with Gasteiger partial charge in [0.2, 0.25) is 5.91 Å². The number of fused-ring (bicyclic) bond motifs is 2. The largest absolute Gasteiger partial charge is 0.392 e. The van der Waals surface area contributed by atoms with Gasteiger partial charge in [-0.05, 0) is 48.6 Å². The van der Waals surface area contributed by atoms with Crippen molar-refractivity contribution in [3.63, 3.8) is 0 Å².